The molecule has 0 saturated carbocycles. The molecule has 2 aromatic carbocycles. The van der Waals surface area contributed by atoms with Gasteiger partial charge in [0.25, 0.3) is 5.92 Å². The van der Waals surface area contributed by atoms with E-state index in [0.29, 0.717) is 11.3 Å². The third-order valence-electron chi connectivity index (χ3n) is 5.53. The van der Waals surface area contributed by atoms with Crippen molar-refractivity contribution in [2.45, 2.75) is 18.8 Å². The highest BCUT2D eigenvalue weighted by Gasteiger charge is 2.33. The zero-order valence-electron chi connectivity index (χ0n) is 17.6. The Kier molecular flexibility index (Phi) is 6.54. The Morgan fingerprint density at radius 2 is 1.88 bits per heavy atom. The minimum absolute atomic E-state index is 0.149. The molecular formula is C21H20ClF5N6O. The van der Waals surface area contributed by atoms with E-state index < -0.39 is 28.9 Å². The molecule has 34 heavy (non-hydrogen) atoms. The molecule has 0 spiro atoms. The molecular weight excluding hydrogens is 483 g/mol. The van der Waals surface area contributed by atoms with E-state index in [-0.39, 0.29) is 66.1 Å². The number of piperidine rings is 1. The van der Waals surface area contributed by atoms with Crippen molar-refractivity contribution in [3.63, 3.8) is 0 Å². The topological polar surface area (TPSA) is 91.7 Å². The second kappa shape index (κ2) is 9.26. The SMILES string of the molecule is NC(=Nc1ccc(F)c(Cl)c1)c1cc(F)c(F)c2nc(NCCN3CCC(F)(F)CC3)n(O)c12. The normalized spacial score (nSPS) is 16.8. The average molecular weight is 503 g/mol. The highest BCUT2D eigenvalue weighted by Crippen LogP contribution is 2.29. The predicted octanol–water partition coefficient (Wildman–Crippen LogP) is 4.52. The lowest BCUT2D eigenvalue weighted by Crippen LogP contribution is -2.41. The number of imidazole rings is 1. The summed E-state index contributed by atoms with van der Waals surface area (Å²) in [6.07, 6.45) is -0.478. The molecule has 7 nitrogen and oxygen atoms in total. The Morgan fingerprint density at radius 1 is 1.18 bits per heavy atom. The second-order valence-corrected chi connectivity index (χ2v) is 8.29. The monoisotopic (exact) mass is 502 g/mol. The van der Waals surface area contributed by atoms with Crippen LogP contribution >= 0.6 is 11.6 Å². The lowest BCUT2D eigenvalue weighted by molar-refractivity contribution is -0.0543. The smallest absolute Gasteiger partial charge is 0.250 e. The number of amidine groups is 1. The molecule has 0 aliphatic carbocycles. The number of nitrogens with two attached hydrogens (primary N) is 1. The van der Waals surface area contributed by atoms with Gasteiger partial charge in [0, 0.05) is 44.6 Å². The van der Waals surface area contributed by atoms with Gasteiger partial charge in [0.05, 0.1) is 10.7 Å². The number of anilines is 1. The number of nitrogens with one attached hydrogen (secondary N) is 1. The molecule has 4 N–H and O–H groups in total. The van der Waals surface area contributed by atoms with Gasteiger partial charge in [0.2, 0.25) is 5.95 Å². The van der Waals surface area contributed by atoms with Crippen molar-refractivity contribution in [1.82, 2.24) is 14.6 Å². The number of alkyl halides is 2. The van der Waals surface area contributed by atoms with E-state index >= 15 is 0 Å². The van der Waals surface area contributed by atoms with Crippen LogP contribution < -0.4 is 11.1 Å². The largest absolute Gasteiger partial charge is 0.425 e. The van der Waals surface area contributed by atoms with Crippen LogP contribution in [-0.4, -0.2) is 57.8 Å². The summed E-state index contributed by atoms with van der Waals surface area (Å²) >= 11 is 5.73. The summed E-state index contributed by atoms with van der Waals surface area (Å²) in [7, 11) is 0. The van der Waals surface area contributed by atoms with Crippen LogP contribution in [0, 0.1) is 17.5 Å². The maximum absolute atomic E-state index is 14.4. The number of hydrogen-bond acceptors (Lipinski definition) is 5. The number of aliphatic imine (C=N–C) groups is 1. The van der Waals surface area contributed by atoms with Crippen LogP contribution in [0.25, 0.3) is 11.0 Å². The van der Waals surface area contributed by atoms with Crippen molar-refractivity contribution in [1.29, 1.82) is 0 Å². The number of hydrogen-bond donors (Lipinski definition) is 3. The third-order valence-corrected chi connectivity index (χ3v) is 5.82. The van der Waals surface area contributed by atoms with E-state index in [2.05, 4.69) is 15.3 Å². The molecule has 13 heteroatoms. The molecule has 1 aromatic heterocycles. The Bertz CT molecular complexity index is 1250. The van der Waals surface area contributed by atoms with Gasteiger partial charge >= 0.3 is 0 Å². The summed E-state index contributed by atoms with van der Waals surface area (Å²) in [5.74, 6) is -6.40. The lowest BCUT2D eigenvalue weighted by Gasteiger charge is -2.31. The van der Waals surface area contributed by atoms with E-state index in [1.807, 2.05) is 4.90 Å². The molecule has 4 rings (SSSR count). The fourth-order valence-electron chi connectivity index (χ4n) is 3.67. The number of nitrogens with zero attached hydrogens (tertiary/aromatic N) is 4. The fraction of sp³-hybridized carbons (Fsp3) is 0.333. The molecule has 182 valence electrons. The van der Waals surface area contributed by atoms with Crippen LogP contribution in [0.5, 0.6) is 0 Å². The first-order chi connectivity index (χ1) is 16.1. The highest BCUT2D eigenvalue weighted by atomic mass is 35.5. The minimum atomic E-state index is -2.66. The number of fused-ring (bicyclic) bond motifs is 1. The minimum Gasteiger partial charge on any atom is -0.425 e. The van der Waals surface area contributed by atoms with Crippen LogP contribution in [0.3, 0.4) is 0 Å². The van der Waals surface area contributed by atoms with Gasteiger partial charge in [-0.3, -0.25) is 0 Å². The van der Waals surface area contributed by atoms with Crippen LogP contribution in [0.2, 0.25) is 5.02 Å². The molecule has 3 aromatic rings. The Hall–Kier alpha value is -3.12. The molecule has 0 amide bonds. The quantitative estimate of drug-likeness (QED) is 0.199. The zero-order valence-corrected chi connectivity index (χ0v) is 18.4. The molecule has 1 aliphatic heterocycles. The van der Waals surface area contributed by atoms with E-state index in [1.165, 1.54) is 12.1 Å². The first-order valence-electron chi connectivity index (χ1n) is 10.3. The number of aromatic nitrogens is 2. The van der Waals surface area contributed by atoms with Gasteiger partial charge in [-0.05, 0) is 24.3 Å². The lowest BCUT2D eigenvalue weighted by atomic mass is 10.1. The van der Waals surface area contributed by atoms with Crippen LogP contribution in [-0.2, 0) is 0 Å². The number of likely N-dealkylation sites (tertiary alicyclic amines) is 1. The maximum Gasteiger partial charge on any atom is 0.250 e. The van der Waals surface area contributed by atoms with Gasteiger partial charge in [0.15, 0.2) is 11.6 Å². The van der Waals surface area contributed by atoms with Gasteiger partial charge in [0.1, 0.15) is 22.7 Å². The molecule has 0 unspecified atom stereocenters. The summed E-state index contributed by atoms with van der Waals surface area (Å²) in [5, 5.41) is 13.2. The molecule has 0 bridgehead atoms. The maximum atomic E-state index is 14.4. The average Bonchev–Trinajstić information content (AvgIpc) is 3.11. The van der Waals surface area contributed by atoms with Crippen molar-refractivity contribution < 1.29 is 27.2 Å². The molecule has 1 fully saturated rings. The summed E-state index contributed by atoms with van der Waals surface area (Å²) in [6.45, 7) is 1.01. The number of rotatable bonds is 6. The van der Waals surface area contributed by atoms with Crippen molar-refractivity contribution in [2.75, 3.05) is 31.5 Å². The molecule has 1 saturated heterocycles. The number of halogens is 6. The van der Waals surface area contributed by atoms with Gasteiger partial charge in [-0.15, -0.1) is 4.73 Å². The van der Waals surface area contributed by atoms with Gasteiger partial charge in [-0.1, -0.05) is 11.6 Å². The summed E-state index contributed by atoms with van der Waals surface area (Å²) < 4.78 is 69.2. The molecule has 2 heterocycles. The first kappa shape index (κ1) is 24.0. The fourth-order valence-corrected chi connectivity index (χ4v) is 3.85. The first-order valence-corrected chi connectivity index (χ1v) is 10.7. The summed E-state index contributed by atoms with van der Waals surface area (Å²) in [5.41, 5.74) is 5.24. The Morgan fingerprint density at radius 3 is 2.56 bits per heavy atom. The van der Waals surface area contributed by atoms with Crippen molar-refractivity contribution in [3.8, 4) is 0 Å². The van der Waals surface area contributed by atoms with E-state index in [9.17, 15) is 27.2 Å². The highest BCUT2D eigenvalue weighted by molar-refractivity contribution is 6.31. The van der Waals surface area contributed by atoms with Gasteiger partial charge < -0.3 is 21.2 Å². The molecule has 0 atom stereocenters. The molecule has 1 aliphatic rings. The molecule has 0 radical (unpaired) electrons. The zero-order chi connectivity index (χ0) is 24.6. The van der Waals surface area contributed by atoms with Crippen LogP contribution in [0.1, 0.15) is 18.4 Å². The van der Waals surface area contributed by atoms with Crippen LogP contribution in [0.4, 0.5) is 33.6 Å². The summed E-state index contributed by atoms with van der Waals surface area (Å²) in [4.78, 5) is 9.79. The van der Waals surface area contributed by atoms with Gasteiger partial charge in [-0.25, -0.2) is 31.9 Å². The summed E-state index contributed by atoms with van der Waals surface area (Å²) in [6, 6.07) is 4.30. The predicted molar refractivity (Wildman–Crippen MR) is 118 cm³/mol. The van der Waals surface area contributed by atoms with E-state index in [0.717, 1.165) is 12.1 Å². The Labute approximate surface area is 195 Å². The van der Waals surface area contributed by atoms with E-state index in [1.54, 1.807) is 0 Å². The third kappa shape index (κ3) is 4.87. The van der Waals surface area contributed by atoms with Crippen molar-refractivity contribution in [3.05, 3.63) is 52.3 Å². The Balaban J connectivity index is 1.60. The van der Waals surface area contributed by atoms with Gasteiger partial charge in [-0.2, -0.15) is 0 Å². The van der Waals surface area contributed by atoms with Crippen molar-refractivity contribution in [2.24, 2.45) is 10.7 Å². The second-order valence-electron chi connectivity index (χ2n) is 7.88. The van der Waals surface area contributed by atoms with E-state index in [4.69, 9.17) is 17.3 Å². The van der Waals surface area contributed by atoms with Crippen LogP contribution in [0.15, 0.2) is 29.3 Å². The number of benzene rings is 2. The standard InChI is InChI=1S/C21H20ClF5N6O/c22-13-9-11(1-2-14(13)23)30-19(28)12-10-15(24)16(25)17-18(12)33(34)20(31-17)29-5-8-32-6-3-21(26,27)4-7-32/h1-2,9-10,34H,3-8H2,(H2,28,30)(H,29,31). The van der Waals surface area contributed by atoms with Crippen molar-refractivity contribution >= 4 is 40.1 Å².